The molecule has 0 aliphatic carbocycles. The number of nitrogen functional groups attached to an aromatic ring is 1. The molecule has 0 aliphatic rings. The molecule has 110 valence electrons. The van der Waals surface area contributed by atoms with Gasteiger partial charge in [0.25, 0.3) is 0 Å². The molecule has 0 unspecified atom stereocenters. The van der Waals surface area contributed by atoms with Gasteiger partial charge in [-0.2, -0.15) is 4.98 Å². The van der Waals surface area contributed by atoms with Crippen molar-refractivity contribution < 1.29 is 18.1 Å². The molecule has 0 amide bonds. The minimum Gasteiger partial charge on any atom is -0.368 e. The Morgan fingerprint density at radius 2 is 1.81 bits per heavy atom. The Bertz CT molecular complexity index is 715. The molecule has 21 heavy (non-hydrogen) atoms. The van der Waals surface area contributed by atoms with E-state index in [1.807, 2.05) is 0 Å². The van der Waals surface area contributed by atoms with Crippen molar-refractivity contribution in [3.8, 4) is 0 Å². The molecule has 0 bridgehead atoms. The van der Waals surface area contributed by atoms with Crippen LogP contribution in [0.5, 0.6) is 0 Å². The van der Waals surface area contributed by atoms with E-state index in [2.05, 4.69) is 15.3 Å². The summed E-state index contributed by atoms with van der Waals surface area (Å²) in [7, 11) is 0. The molecule has 0 saturated heterocycles. The van der Waals surface area contributed by atoms with Crippen LogP contribution in [0.3, 0.4) is 0 Å². The molecule has 2 rings (SSSR count). The minimum atomic E-state index is -1.27. The fraction of sp³-hybridized carbons (Fsp3) is 0.0909. The molecule has 1 aromatic carbocycles. The lowest BCUT2D eigenvalue weighted by Crippen LogP contribution is -2.08. The summed E-state index contributed by atoms with van der Waals surface area (Å²) in [5, 5.41) is 13.1. The van der Waals surface area contributed by atoms with Crippen LogP contribution in [0.15, 0.2) is 12.1 Å². The second-order valence-electron chi connectivity index (χ2n) is 3.99. The molecule has 3 N–H and O–H groups in total. The Balaban J connectivity index is 2.57. The number of nitrogens with two attached hydrogens (primary N) is 1. The van der Waals surface area contributed by atoms with Gasteiger partial charge in [0.15, 0.2) is 11.6 Å². The molecule has 0 atom stereocenters. The van der Waals surface area contributed by atoms with Crippen LogP contribution in [-0.4, -0.2) is 14.9 Å². The van der Waals surface area contributed by atoms with Gasteiger partial charge in [-0.25, -0.2) is 18.2 Å². The van der Waals surface area contributed by atoms with E-state index in [1.54, 1.807) is 0 Å². The third-order valence-corrected chi connectivity index (χ3v) is 2.51. The second kappa shape index (κ2) is 5.23. The van der Waals surface area contributed by atoms with Crippen molar-refractivity contribution >= 4 is 23.1 Å². The van der Waals surface area contributed by atoms with Gasteiger partial charge in [0.2, 0.25) is 11.8 Å². The SMILES string of the molecule is Cc1nc(N)nc(Nc2c(F)cc(F)cc2F)c1[N+](=O)[O-]. The molecular formula is C11H8F3N5O2. The number of aryl methyl sites for hydroxylation is 1. The zero-order valence-corrected chi connectivity index (χ0v) is 10.5. The van der Waals surface area contributed by atoms with Crippen LogP contribution in [0.1, 0.15) is 5.69 Å². The van der Waals surface area contributed by atoms with Crippen LogP contribution in [0.4, 0.5) is 36.3 Å². The van der Waals surface area contributed by atoms with E-state index >= 15 is 0 Å². The van der Waals surface area contributed by atoms with Gasteiger partial charge in [0.05, 0.1) is 4.92 Å². The summed E-state index contributed by atoms with van der Waals surface area (Å²) < 4.78 is 39.9. The normalized spacial score (nSPS) is 10.5. The van der Waals surface area contributed by atoms with E-state index in [9.17, 15) is 23.3 Å². The Morgan fingerprint density at radius 1 is 1.24 bits per heavy atom. The number of nitrogens with zero attached hydrogens (tertiary/aromatic N) is 3. The van der Waals surface area contributed by atoms with Crippen molar-refractivity contribution in [1.29, 1.82) is 0 Å². The van der Waals surface area contributed by atoms with E-state index in [1.165, 1.54) is 6.92 Å². The van der Waals surface area contributed by atoms with E-state index in [-0.39, 0.29) is 11.6 Å². The second-order valence-corrected chi connectivity index (χ2v) is 3.99. The molecule has 0 saturated carbocycles. The van der Waals surface area contributed by atoms with E-state index in [4.69, 9.17) is 5.73 Å². The number of aromatic nitrogens is 2. The highest BCUT2D eigenvalue weighted by atomic mass is 19.1. The van der Waals surface area contributed by atoms with Gasteiger partial charge in [-0.3, -0.25) is 10.1 Å². The standard InChI is InChI=1S/C11H8F3N5O2/c1-4-9(19(20)21)10(18-11(15)16-4)17-8-6(13)2-5(12)3-7(8)14/h2-3H,1H3,(H3,15,16,17,18). The van der Waals surface area contributed by atoms with Crippen molar-refractivity contribution in [3.63, 3.8) is 0 Å². The minimum absolute atomic E-state index is 0.0853. The number of benzene rings is 1. The van der Waals surface area contributed by atoms with Crippen LogP contribution < -0.4 is 11.1 Å². The Hall–Kier alpha value is -2.91. The summed E-state index contributed by atoms with van der Waals surface area (Å²) in [5.74, 6) is -4.46. The fourth-order valence-corrected chi connectivity index (χ4v) is 1.67. The summed E-state index contributed by atoms with van der Waals surface area (Å²) in [6, 6.07) is 0.850. The maximum absolute atomic E-state index is 13.5. The average molecular weight is 299 g/mol. The van der Waals surface area contributed by atoms with Crippen molar-refractivity contribution in [3.05, 3.63) is 45.4 Å². The van der Waals surface area contributed by atoms with Gasteiger partial charge in [-0.15, -0.1) is 0 Å². The lowest BCUT2D eigenvalue weighted by Gasteiger charge is -2.10. The molecule has 1 aromatic heterocycles. The summed E-state index contributed by atoms with van der Waals surface area (Å²) in [6.07, 6.45) is 0. The predicted octanol–water partition coefficient (Wildman–Crippen LogP) is 2.44. The number of nitrogens with one attached hydrogen (secondary N) is 1. The molecule has 0 spiro atoms. The van der Waals surface area contributed by atoms with Gasteiger partial charge in [0, 0.05) is 12.1 Å². The third kappa shape index (κ3) is 2.83. The molecule has 1 heterocycles. The van der Waals surface area contributed by atoms with Gasteiger partial charge < -0.3 is 11.1 Å². The monoisotopic (exact) mass is 299 g/mol. The zero-order chi connectivity index (χ0) is 15.7. The quantitative estimate of drug-likeness (QED) is 0.666. The molecule has 10 heteroatoms. The van der Waals surface area contributed by atoms with Gasteiger partial charge in [0.1, 0.15) is 17.2 Å². The first-order valence-corrected chi connectivity index (χ1v) is 5.49. The number of nitro groups is 1. The summed E-state index contributed by atoms with van der Waals surface area (Å²) in [4.78, 5) is 17.3. The topological polar surface area (TPSA) is 107 Å². The number of halogens is 3. The predicted molar refractivity (Wildman–Crippen MR) is 67.4 cm³/mol. The number of rotatable bonds is 3. The van der Waals surface area contributed by atoms with E-state index in [0.717, 1.165) is 0 Å². The van der Waals surface area contributed by atoms with Crippen LogP contribution in [-0.2, 0) is 0 Å². The first kappa shape index (κ1) is 14.5. The Morgan fingerprint density at radius 3 is 2.33 bits per heavy atom. The third-order valence-electron chi connectivity index (χ3n) is 2.51. The van der Waals surface area contributed by atoms with Crippen molar-refractivity contribution in [1.82, 2.24) is 9.97 Å². The number of hydrogen-bond donors (Lipinski definition) is 2. The van der Waals surface area contributed by atoms with Gasteiger partial charge in [-0.05, 0) is 6.92 Å². The Labute approximate surface area is 115 Å². The van der Waals surface area contributed by atoms with Crippen LogP contribution in [0.2, 0.25) is 0 Å². The number of hydrogen-bond acceptors (Lipinski definition) is 6. The first-order chi connectivity index (χ1) is 9.79. The van der Waals surface area contributed by atoms with Gasteiger partial charge in [-0.1, -0.05) is 0 Å². The van der Waals surface area contributed by atoms with Crippen LogP contribution in [0, 0.1) is 34.5 Å². The largest absolute Gasteiger partial charge is 0.368 e. The van der Waals surface area contributed by atoms with Crippen LogP contribution >= 0.6 is 0 Å². The van der Waals surface area contributed by atoms with Crippen molar-refractivity contribution in [2.24, 2.45) is 0 Å². The highest BCUT2D eigenvalue weighted by Crippen LogP contribution is 2.31. The highest BCUT2D eigenvalue weighted by Gasteiger charge is 2.23. The van der Waals surface area contributed by atoms with E-state index in [0.29, 0.717) is 12.1 Å². The molecule has 2 aromatic rings. The Kier molecular flexibility index (Phi) is 3.61. The van der Waals surface area contributed by atoms with Crippen LogP contribution in [0.25, 0.3) is 0 Å². The van der Waals surface area contributed by atoms with Crippen molar-refractivity contribution in [2.45, 2.75) is 6.92 Å². The lowest BCUT2D eigenvalue weighted by molar-refractivity contribution is -0.385. The van der Waals surface area contributed by atoms with E-state index < -0.39 is 39.6 Å². The smallest absolute Gasteiger partial charge is 0.332 e. The zero-order valence-electron chi connectivity index (χ0n) is 10.5. The molecular weight excluding hydrogens is 291 g/mol. The number of anilines is 3. The first-order valence-electron chi connectivity index (χ1n) is 5.49. The molecule has 0 aliphatic heterocycles. The average Bonchev–Trinajstić information content (AvgIpc) is 2.32. The molecule has 0 fully saturated rings. The molecule has 7 nitrogen and oxygen atoms in total. The highest BCUT2D eigenvalue weighted by molar-refractivity contribution is 5.68. The maximum atomic E-state index is 13.5. The summed E-state index contributed by atoms with van der Waals surface area (Å²) in [6.45, 7) is 1.29. The summed E-state index contributed by atoms with van der Waals surface area (Å²) in [5.41, 5.74) is 3.89. The summed E-state index contributed by atoms with van der Waals surface area (Å²) >= 11 is 0. The van der Waals surface area contributed by atoms with Crippen molar-refractivity contribution in [2.75, 3.05) is 11.1 Å². The molecule has 0 radical (unpaired) electrons. The lowest BCUT2D eigenvalue weighted by atomic mass is 10.2. The maximum Gasteiger partial charge on any atom is 0.332 e. The fourth-order valence-electron chi connectivity index (χ4n) is 1.67. The van der Waals surface area contributed by atoms with Gasteiger partial charge >= 0.3 is 5.69 Å².